The van der Waals surface area contributed by atoms with Crippen LogP contribution in [0.4, 0.5) is 13.2 Å². The van der Waals surface area contributed by atoms with Gasteiger partial charge in [0.1, 0.15) is 5.01 Å². The lowest BCUT2D eigenvalue weighted by Gasteiger charge is -2.07. The molecule has 1 aromatic carbocycles. The third-order valence-corrected chi connectivity index (χ3v) is 3.86. The molecule has 0 bridgehead atoms. The molecule has 0 atom stereocenters. The summed E-state index contributed by atoms with van der Waals surface area (Å²) in [6.45, 7) is 3.08. The summed E-state index contributed by atoms with van der Waals surface area (Å²) in [5.41, 5.74) is 0.197. The number of hydrogen-bond acceptors (Lipinski definition) is 3. The minimum absolute atomic E-state index is 0.131. The Bertz CT molecular complexity index is 631. The molecule has 0 radical (unpaired) electrons. The highest BCUT2D eigenvalue weighted by Gasteiger charge is 2.30. The van der Waals surface area contributed by atoms with Gasteiger partial charge in [0, 0.05) is 12.5 Å². The molecular formula is C13H10F3NOS. The van der Waals surface area contributed by atoms with Crippen molar-refractivity contribution >= 4 is 17.1 Å². The lowest BCUT2D eigenvalue weighted by Crippen LogP contribution is -2.04. The Labute approximate surface area is 111 Å². The fourth-order valence-corrected chi connectivity index (χ4v) is 2.63. The number of nitrogens with zero attached hydrogens (tertiary/aromatic N) is 1. The Morgan fingerprint density at radius 3 is 2.53 bits per heavy atom. The third kappa shape index (κ3) is 2.84. The van der Waals surface area contributed by atoms with Crippen molar-refractivity contribution in [2.45, 2.75) is 20.0 Å². The van der Waals surface area contributed by atoms with E-state index in [0.717, 1.165) is 23.5 Å². The largest absolute Gasteiger partial charge is 0.416 e. The van der Waals surface area contributed by atoms with Crippen LogP contribution in [0.2, 0.25) is 0 Å². The second-order valence-corrected chi connectivity index (χ2v) is 5.07. The topological polar surface area (TPSA) is 30.0 Å². The quantitative estimate of drug-likeness (QED) is 0.768. The lowest BCUT2D eigenvalue weighted by atomic mass is 10.1. The summed E-state index contributed by atoms with van der Waals surface area (Å²) in [4.78, 5) is 16.0. The van der Waals surface area contributed by atoms with Gasteiger partial charge < -0.3 is 0 Å². The Kier molecular flexibility index (Phi) is 3.45. The Morgan fingerprint density at radius 1 is 1.32 bits per heavy atom. The number of carbonyl (C=O) groups is 1. The number of thiazole rings is 1. The molecule has 0 fully saturated rings. The van der Waals surface area contributed by atoms with Crippen molar-refractivity contribution in [1.29, 1.82) is 0 Å². The number of halogens is 3. The van der Waals surface area contributed by atoms with Gasteiger partial charge in [0.25, 0.3) is 0 Å². The summed E-state index contributed by atoms with van der Waals surface area (Å²) < 4.78 is 37.9. The molecule has 1 aromatic heterocycles. The highest BCUT2D eigenvalue weighted by molar-refractivity contribution is 7.17. The maximum absolute atomic E-state index is 12.6. The van der Waals surface area contributed by atoms with Gasteiger partial charge in [-0.1, -0.05) is 12.1 Å². The highest BCUT2D eigenvalue weighted by Crippen LogP contribution is 2.34. The molecule has 0 spiro atoms. The molecule has 19 heavy (non-hydrogen) atoms. The smallest absolute Gasteiger partial charge is 0.294 e. The molecule has 0 N–H and O–H groups in total. The zero-order valence-electron chi connectivity index (χ0n) is 10.2. The first-order chi connectivity index (χ1) is 8.79. The summed E-state index contributed by atoms with van der Waals surface area (Å²) in [5.74, 6) is -0.131. The average Bonchev–Trinajstić information content (AvgIpc) is 2.70. The number of ketones is 1. The second-order valence-electron chi connectivity index (χ2n) is 4.07. The molecule has 6 heteroatoms. The first kappa shape index (κ1) is 13.7. The van der Waals surface area contributed by atoms with Gasteiger partial charge in [0.2, 0.25) is 0 Å². The van der Waals surface area contributed by atoms with E-state index >= 15 is 0 Å². The maximum Gasteiger partial charge on any atom is 0.416 e. The molecule has 0 unspecified atom stereocenters. The zero-order valence-corrected chi connectivity index (χ0v) is 11.0. The van der Waals surface area contributed by atoms with E-state index in [2.05, 4.69) is 4.98 Å². The molecule has 2 rings (SSSR count). The lowest BCUT2D eigenvalue weighted by molar-refractivity contribution is -0.137. The van der Waals surface area contributed by atoms with Gasteiger partial charge in [0.15, 0.2) is 5.78 Å². The van der Waals surface area contributed by atoms with Crippen molar-refractivity contribution in [3.63, 3.8) is 0 Å². The standard InChI is InChI=1S/C13H10F3NOS/c1-7-11(8(2)18)19-12(17-7)9-4-3-5-10(6-9)13(14,15)16/h3-6H,1-2H3. The van der Waals surface area contributed by atoms with Crippen LogP contribution in [0.15, 0.2) is 24.3 Å². The number of carbonyl (C=O) groups excluding carboxylic acids is 1. The first-order valence-electron chi connectivity index (χ1n) is 5.45. The fourth-order valence-electron chi connectivity index (χ4n) is 1.68. The van der Waals surface area contributed by atoms with E-state index < -0.39 is 11.7 Å². The summed E-state index contributed by atoms with van der Waals surface area (Å²) >= 11 is 1.11. The normalized spacial score (nSPS) is 11.6. The number of aromatic nitrogens is 1. The van der Waals surface area contributed by atoms with Crippen molar-refractivity contribution in [1.82, 2.24) is 4.98 Å². The number of alkyl halides is 3. The number of hydrogen-bond donors (Lipinski definition) is 0. The molecule has 0 amide bonds. The van der Waals surface area contributed by atoms with E-state index in [9.17, 15) is 18.0 Å². The van der Waals surface area contributed by atoms with Gasteiger partial charge in [0.05, 0.1) is 16.1 Å². The van der Waals surface area contributed by atoms with E-state index in [4.69, 9.17) is 0 Å². The zero-order chi connectivity index (χ0) is 14.2. The second kappa shape index (κ2) is 4.77. The van der Waals surface area contributed by atoms with Gasteiger partial charge in [-0.15, -0.1) is 11.3 Å². The van der Waals surface area contributed by atoms with Gasteiger partial charge >= 0.3 is 6.18 Å². The molecule has 2 aromatic rings. The number of Topliss-reactive ketones (excluding diaryl/α,β-unsaturated/α-hetero) is 1. The summed E-state index contributed by atoms with van der Waals surface area (Å²) in [6.07, 6.45) is -4.38. The molecule has 1 heterocycles. The highest BCUT2D eigenvalue weighted by atomic mass is 32.1. The van der Waals surface area contributed by atoms with Crippen molar-refractivity contribution in [3.8, 4) is 10.6 Å². The first-order valence-corrected chi connectivity index (χ1v) is 6.26. The van der Waals surface area contributed by atoms with Crippen LogP contribution in [0.3, 0.4) is 0 Å². The Morgan fingerprint density at radius 2 is 2.00 bits per heavy atom. The van der Waals surface area contributed by atoms with E-state index in [0.29, 0.717) is 21.1 Å². The van der Waals surface area contributed by atoms with E-state index in [1.54, 1.807) is 13.0 Å². The predicted octanol–water partition coefficient (Wildman–Crippen LogP) is 4.34. The molecule has 0 aliphatic rings. The monoisotopic (exact) mass is 285 g/mol. The molecule has 0 aliphatic heterocycles. The van der Waals surface area contributed by atoms with E-state index in [1.165, 1.54) is 13.0 Å². The number of aryl methyl sites for hydroxylation is 1. The summed E-state index contributed by atoms with van der Waals surface area (Å²) in [6, 6.07) is 4.94. The minimum Gasteiger partial charge on any atom is -0.294 e. The van der Waals surface area contributed by atoms with Crippen LogP contribution in [0, 0.1) is 6.92 Å². The Hall–Kier alpha value is -1.69. The molecule has 100 valence electrons. The van der Waals surface area contributed by atoms with E-state index in [-0.39, 0.29) is 5.78 Å². The van der Waals surface area contributed by atoms with Crippen LogP contribution in [-0.4, -0.2) is 10.8 Å². The molecule has 2 nitrogen and oxygen atoms in total. The summed E-state index contributed by atoms with van der Waals surface area (Å²) in [5, 5.41) is 0.425. The van der Waals surface area contributed by atoms with Crippen molar-refractivity contribution in [3.05, 3.63) is 40.4 Å². The van der Waals surface area contributed by atoms with Gasteiger partial charge in [-0.3, -0.25) is 4.79 Å². The summed E-state index contributed by atoms with van der Waals surface area (Å²) in [7, 11) is 0. The molecule has 0 saturated carbocycles. The third-order valence-electron chi connectivity index (χ3n) is 2.55. The van der Waals surface area contributed by atoms with Crippen LogP contribution in [-0.2, 0) is 6.18 Å². The minimum atomic E-state index is -4.38. The number of rotatable bonds is 2. The average molecular weight is 285 g/mol. The van der Waals surface area contributed by atoms with Crippen LogP contribution >= 0.6 is 11.3 Å². The van der Waals surface area contributed by atoms with Crippen LogP contribution in [0.1, 0.15) is 27.9 Å². The fraction of sp³-hybridized carbons (Fsp3) is 0.231. The maximum atomic E-state index is 12.6. The van der Waals surface area contributed by atoms with Gasteiger partial charge in [-0.2, -0.15) is 13.2 Å². The predicted molar refractivity (Wildman–Crippen MR) is 67.3 cm³/mol. The SMILES string of the molecule is CC(=O)c1sc(-c2cccc(C(F)(F)F)c2)nc1C. The van der Waals surface area contributed by atoms with E-state index in [1.807, 2.05) is 0 Å². The van der Waals surface area contributed by atoms with Crippen LogP contribution < -0.4 is 0 Å². The van der Waals surface area contributed by atoms with Crippen molar-refractivity contribution < 1.29 is 18.0 Å². The molecule has 0 saturated heterocycles. The van der Waals surface area contributed by atoms with Crippen LogP contribution in [0.25, 0.3) is 10.6 Å². The van der Waals surface area contributed by atoms with Crippen molar-refractivity contribution in [2.24, 2.45) is 0 Å². The molecule has 0 aliphatic carbocycles. The Balaban J connectivity index is 2.48. The molecular weight excluding hydrogens is 275 g/mol. The van der Waals surface area contributed by atoms with Gasteiger partial charge in [-0.05, 0) is 19.1 Å². The number of benzene rings is 1. The van der Waals surface area contributed by atoms with Crippen molar-refractivity contribution in [2.75, 3.05) is 0 Å². The van der Waals surface area contributed by atoms with Gasteiger partial charge in [-0.25, -0.2) is 4.98 Å². The van der Waals surface area contributed by atoms with Crippen LogP contribution in [0.5, 0.6) is 0 Å².